The molecule has 0 aliphatic carbocycles. The Morgan fingerprint density at radius 1 is 1.83 bits per heavy atom. The van der Waals surface area contributed by atoms with Gasteiger partial charge in [0.1, 0.15) is 6.26 Å². The first-order valence-electron chi connectivity index (χ1n) is 1.89. The van der Waals surface area contributed by atoms with Crippen LogP contribution in [0, 0.1) is 0 Å². The van der Waals surface area contributed by atoms with Crippen LogP contribution in [0.25, 0.3) is 0 Å². The van der Waals surface area contributed by atoms with E-state index >= 15 is 0 Å². The summed E-state index contributed by atoms with van der Waals surface area (Å²) in [5, 5.41) is 0. The van der Waals surface area contributed by atoms with E-state index in [0.717, 1.165) is 6.42 Å². The molecule has 0 heterocycles. The SMILES string of the molecule is CCC=CO[NH]. The summed E-state index contributed by atoms with van der Waals surface area (Å²) in [5.74, 6) is 6.12. The van der Waals surface area contributed by atoms with Gasteiger partial charge >= 0.3 is 0 Å². The first-order valence-corrected chi connectivity index (χ1v) is 1.89. The number of allylic oxidation sites excluding steroid dienone is 1. The fourth-order valence-electron chi connectivity index (χ4n) is 0.144. The van der Waals surface area contributed by atoms with Crippen molar-refractivity contribution in [2.75, 3.05) is 0 Å². The molecular weight excluding hydrogens is 78.0 g/mol. The lowest BCUT2D eigenvalue weighted by atomic mass is 10.5. The van der Waals surface area contributed by atoms with Crippen LogP contribution in [0.2, 0.25) is 0 Å². The second-order valence-corrected chi connectivity index (χ2v) is 0.898. The third-order valence-electron chi connectivity index (χ3n) is 0.400. The maximum absolute atomic E-state index is 6.12. The maximum Gasteiger partial charge on any atom is 0.109 e. The molecule has 0 bridgehead atoms. The van der Waals surface area contributed by atoms with Crippen molar-refractivity contribution in [2.45, 2.75) is 13.3 Å². The molecule has 0 fully saturated rings. The molecular formula is C4H8NO. The Bertz CT molecular complexity index is 36.8. The van der Waals surface area contributed by atoms with Gasteiger partial charge in [-0.3, -0.25) is 0 Å². The topological polar surface area (TPSA) is 33.0 Å². The lowest BCUT2D eigenvalue weighted by molar-refractivity contribution is 0.236. The van der Waals surface area contributed by atoms with Crippen molar-refractivity contribution >= 4 is 0 Å². The molecule has 35 valence electrons. The maximum atomic E-state index is 6.12. The number of nitrogens with one attached hydrogen (secondary N) is 1. The summed E-state index contributed by atoms with van der Waals surface area (Å²) in [5.41, 5.74) is 0. The molecule has 0 atom stereocenters. The summed E-state index contributed by atoms with van der Waals surface area (Å²) < 4.78 is 0. The van der Waals surface area contributed by atoms with Crippen LogP contribution in [0.1, 0.15) is 13.3 Å². The van der Waals surface area contributed by atoms with E-state index in [4.69, 9.17) is 5.90 Å². The molecule has 0 aromatic carbocycles. The zero-order valence-electron chi connectivity index (χ0n) is 3.77. The molecule has 2 nitrogen and oxygen atoms in total. The van der Waals surface area contributed by atoms with Gasteiger partial charge in [0.25, 0.3) is 0 Å². The first-order chi connectivity index (χ1) is 2.91. The van der Waals surface area contributed by atoms with E-state index in [0.29, 0.717) is 0 Å². The molecule has 0 aliphatic heterocycles. The standard InChI is InChI=1S/C4H8NO/c1-2-3-4-6-5/h3-5H,2H2,1H3. The van der Waals surface area contributed by atoms with Crippen LogP contribution in [0.3, 0.4) is 0 Å². The summed E-state index contributed by atoms with van der Waals surface area (Å²) in [6, 6.07) is 0. The Balaban J connectivity index is 2.73. The minimum absolute atomic E-state index is 0.929. The zero-order chi connectivity index (χ0) is 4.83. The highest BCUT2D eigenvalue weighted by Gasteiger charge is 1.59. The Hall–Kier alpha value is -0.500. The molecule has 0 saturated carbocycles. The predicted molar refractivity (Wildman–Crippen MR) is 23.6 cm³/mol. The summed E-state index contributed by atoms with van der Waals surface area (Å²) >= 11 is 0. The van der Waals surface area contributed by atoms with Gasteiger partial charge in [-0.15, -0.1) is 0 Å². The largest absolute Gasteiger partial charge is 0.399 e. The highest BCUT2D eigenvalue weighted by atomic mass is 16.6. The van der Waals surface area contributed by atoms with E-state index < -0.39 is 0 Å². The van der Waals surface area contributed by atoms with Gasteiger partial charge in [0, 0.05) is 0 Å². The minimum Gasteiger partial charge on any atom is -0.399 e. The summed E-state index contributed by atoms with van der Waals surface area (Å²) in [6.07, 6.45) is 4.05. The second-order valence-electron chi connectivity index (χ2n) is 0.898. The van der Waals surface area contributed by atoms with Crippen LogP contribution < -0.4 is 5.90 Å². The van der Waals surface area contributed by atoms with Crippen LogP contribution in [-0.2, 0) is 4.84 Å². The van der Waals surface area contributed by atoms with Gasteiger partial charge in [-0.25, -0.2) is 0 Å². The van der Waals surface area contributed by atoms with Crippen molar-refractivity contribution in [2.24, 2.45) is 0 Å². The van der Waals surface area contributed by atoms with E-state index in [1.165, 1.54) is 6.26 Å². The number of rotatable bonds is 2. The molecule has 6 heavy (non-hydrogen) atoms. The third kappa shape index (κ3) is 3.50. The van der Waals surface area contributed by atoms with Crippen LogP contribution in [0.15, 0.2) is 12.3 Å². The van der Waals surface area contributed by atoms with Crippen molar-refractivity contribution in [3.05, 3.63) is 12.3 Å². The first kappa shape index (κ1) is 5.50. The van der Waals surface area contributed by atoms with Gasteiger partial charge in [0.2, 0.25) is 0 Å². The molecule has 1 radical (unpaired) electrons. The van der Waals surface area contributed by atoms with Gasteiger partial charge < -0.3 is 4.84 Å². The van der Waals surface area contributed by atoms with Crippen LogP contribution in [-0.4, -0.2) is 0 Å². The average molecular weight is 86.1 g/mol. The van der Waals surface area contributed by atoms with Gasteiger partial charge in [-0.2, -0.15) is 0 Å². The summed E-state index contributed by atoms with van der Waals surface area (Å²) in [6.45, 7) is 1.98. The highest BCUT2D eigenvalue weighted by molar-refractivity contribution is 4.68. The second kappa shape index (κ2) is 4.50. The van der Waals surface area contributed by atoms with Crippen molar-refractivity contribution in [1.82, 2.24) is 5.90 Å². The predicted octanol–water partition coefficient (Wildman–Crippen LogP) is 1.12. The molecule has 0 aromatic heterocycles. The van der Waals surface area contributed by atoms with Gasteiger partial charge in [-0.1, -0.05) is 12.8 Å². The molecule has 0 aliphatic rings. The van der Waals surface area contributed by atoms with E-state index in [9.17, 15) is 0 Å². The highest BCUT2D eigenvalue weighted by Crippen LogP contribution is 1.75. The minimum atomic E-state index is 0.929. The van der Waals surface area contributed by atoms with Crippen LogP contribution >= 0.6 is 0 Å². The molecule has 0 saturated heterocycles. The normalized spacial score (nSPS) is 9.67. The molecule has 1 N–H and O–H groups in total. The van der Waals surface area contributed by atoms with Crippen molar-refractivity contribution in [3.63, 3.8) is 0 Å². The van der Waals surface area contributed by atoms with Gasteiger partial charge in [0.05, 0.1) is 0 Å². The van der Waals surface area contributed by atoms with Crippen molar-refractivity contribution in [1.29, 1.82) is 0 Å². The zero-order valence-corrected chi connectivity index (χ0v) is 3.77. The molecule has 2 heteroatoms. The average Bonchev–Trinajstić information content (AvgIpc) is 1.61. The Morgan fingerprint density at radius 2 is 2.50 bits per heavy atom. The third-order valence-corrected chi connectivity index (χ3v) is 0.400. The summed E-state index contributed by atoms with van der Waals surface area (Å²) in [4.78, 5) is 3.85. The quantitative estimate of drug-likeness (QED) is 0.366. The molecule has 0 amide bonds. The Morgan fingerprint density at radius 3 is 2.67 bits per heavy atom. The summed E-state index contributed by atoms with van der Waals surface area (Å²) in [7, 11) is 0. The fourth-order valence-corrected chi connectivity index (χ4v) is 0.144. The fraction of sp³-hybridized carbons (Fsp3) is 0.500. The van der Waals surface area contributed by atoms with E-state index in [-0.39, 0.29) is 0 Å². The Kier molecular flexibility index (Phi) is 4.12. The number of hydrogen-bond acceptors (Lipinski definition) is 1. The van der Waals surface area contributed by atoms with E-state index in [1.54, 1.807) is 6.08 Å². The Labute approximate surface area is 37.6 Å². The molecule has 0 unspecified atom stereocenters. The molecule has 0 rings (SSSR count). The van der Waals surface area contributed by atoms with Crippen molar-refractivity contribution in [3.8, 4) is 0 Å². The number of hydrogen-bond donors (Lipinski definition) is 0. The lowest BCUT2D eigenvalue weighted by Gasteiger charge is -1.76. The smallest absolute Gasteiger partial charge is 0.109 e. The van der Waals surface area contributed by atoms with Gasteiger partial charge in [0.15, 0.2) is 0 Å². The molecule has 0 spiro atoms. The van der Waals surface area contributed by atoms with Crippen LogP contribution in [0.5, 0.6) is 0 Å². The van der Waals surface area contributed by atoms with Crippen LogP contribution in [0.4, 0.5) is 0 Å². The molecule has 0 aromatic rings. The van der Waals surface area contributed by atoms with E-state index in [1.807, 2.05) is 6.92 Å². The lowest BCUT2D eigenvalue weighted by Crippen LogP contribution is -1.66. The van der Waals surface area contributed by atoms with Gasteiger partial charge in [-0.05, 0) is 12.5 Å². The van der Waals surface area contributed by atoms with Crippen molar-refractivity contribution < 1.29 is 4.84 Å². The monoisotopic (exact) mass is 86.1 g/mol. The van der Waals surface area contributed by atoms with E-state index in [2.05, 4.69) is 4.84 Å².